The molecule has 0 amide bonds. The van der Waals surface area contributed by atoms with Crippen LogP contribution in [0.3, 0.4) is 0 Å². The zero-order valence-electron chi connectivity index (χ0n) is 10.8. The quantitative estimate of drug-likeness (QED) is 0.377. The Hall–Kier alpha value is -1.30. The van der Waals surface area contributed by atoms with Gasteiger partial charge in [0, 0.05) is 37.7 Å². The first kappa shape index (κ1) is 14.1. The lowest BCUT2D eigenvalue weighted by Crippen LogP contribution is -2.48. The fourth-order valence-electron chi connectivity index (χ4n) is 2.23. The normalized spacial score (nSPS) is 18.7. The highest BCUT2D eigenvalue weighted by atomic mass is 35.5. The van der Waals surface area contributed by atoms with Crippen molar-refractivity contribution in [3.05, 3.63) is 34.9 Å². The molecule has 1 saturated heterocycles. The van der Waals surface area contributed by atoms with E-state index in [0.717, 1.165) is 43.3 Å². The molecule has 2 rings (SSSR count). The van der Waals surface area contributed by atoms with Gasteiger partial charge in [-0.15, -0.1) is 0 Å². The van der Waals surface area contributed by atoms with Gasteiger partial charge in [-0.25, -0.2) is 0 Å². The summed E-state index contributed by atoms with van der Waals surface area (Å²) in [5, 5.41) is 12.4. The number of hydrogen-bond donors (Lipinski definition) is 2. The van der Waals surface area contributed by atoms with Crippen molar-refractivity contribution >= 4 is 17.4 Å². The maximum Gasteiger partial charge on any atom is 0.153 e. The van der Waals surface area contributed by atoms with E-state index in [9.17, 15) is 0 Å². The summed E-state index contributed by atoms with van der Waals surface area (Å²) in [5.41, 5.74) is 6.67. The van der Waals surface area contributed by atoms with E-state index in [1.165, 1.54) is 0 Å². The predicted molar refractivity (Wildman–Crippen MR) is 76.6 cm³/mol. The van der Waals surface area contributed by atoms with Crippen LogP contribution in [0.2, 0.25) is 5.02 Å². The van der Waals surface area contributed by atoms with Crippen molar-refractivity contribution in [2.45, 2.75) is 6.54 Å². The number of benzene rings is 1. The van der Waals surface area contributed by atoms with Gasteiger partial charge in [-0.2, -0.15) is 0 Å². The molecule has 104 valence electrons. The van der Waals surface area contributed by atoms with E-state index in [1.54, 1.807) is 0 Å². The fraction of sp³-hybridized carbons (Fsp3) is 0.462. The van der Waals surface area contributed by atoms with Crippen molar-refractivity contribution < 1.29 is 5.21 Å². The molecule has 6 heteroatoms. The highest BCUT2D eigenvalue weighted by molar-refractivity contribution is 6.31. The molecule has 1 heterocycles. The lowest BCUT2D eigenvalue weighted by molar-refractivity contribution is 0.139. The average molecular weight is 283 g/mol. The second-order valence-corrected chi connectivity index (χ2v) is 5.14. The van der Waals surface area contributed by atoms with Crippen LogP contribution >= 0.6 is 11.6 Å². The molecule has 19 heavy (non-hydrogen) atoms. The van der Waals surface area contributed by atoms with Gasteiger partial charge in [0.05, 0.1) is 6.54 Å². The predicted octanol–water partition coefficient (Wildman–Crippen LogP) is 1.20. The van der Waals surface area contributed by atoms with Crippen molar-refractivity contribution in [3.8, 4) is 0 Å². The summed E-state index contributed by atoms with van der Waals surface area (Å²) in [7, 11) is 0. The minimum Gasteiger partial charge on any atom is -0.409 e. The zero-order chi connectivity index (χ0) is 13.7. The number of oxime groups is 1. The molecule has 0 atom stereocenters. The molecule has 0 spiro atoms. The summed E-state index contributed by atoms with van der Waals surface area (Å²) in [4.78, 5) is 4.54. The van der Waals surface area contributed by atoms with Gasteiger partial charge in [0.2, 0.25) is 0 Å². The summed E-state index contributed by atoms with van der Waals surface area (Å²) in [6.07, 6.45) is 0. The highest BCUT2D eigenvalue weighted by Crippen LogP contribution is 2.17. The van der Waals surface area contributed by atoms with Crippen LogP contribution < -0.4 is 5.73 Å². The van der Waals surface area contributed by atoms with Gasteiger partial charge in [0.15, 0.2) is 5.84 Å². The van der Waals surface area contributed by atoms with E-state index in [4.69, 9.17) is 22.5 Å². The molecule has 1 fully saturated rings. The number of nitrogens with zero attached hydrogens (tertiary/aromatic N) is 3. The molecule has 3 N–H and O–H groups in total. The maximum atomic E-state index is 8.55. The van der Waals surface area contributed by atoms with Crippen LogP contribution in [-0.2, 0) is 6.54 Å². The number of rotatable bonds is 4. The van der Waals surface area contributed by atoms with Gasteiger partial charge in [0.25, 0.3) is 0 Å². The SMILES string of the molecule is NC(CN1CCN(Cc2ccccc2Cl)CC1)=NO. The first-order valence-electron chi connectivity index (χ1n) is 6.33. The molecule has 0 aliphatic carbocycles. The summed E-state index contributed by atoms with van der Waals surface area (Å²) < 4.78 is 0. The number of halogens is 1. The smallest absolute Gasteiger partial charge is 0.153 e. The van der Waals surface area contributed by atoms with Crippen LogP contribution in [0, 0.1) is 0 Å². The average Bonchev–Trinajstić information content (AvgIpc) is 2.43. The molecule has 0 bridgehead atoms. The van der Waals surface area contributed by atoms with Crippen LogP contribution in [0.5, 0.6) is 0 Å². The molecule has 0 saturated carbocycles. The van der Waals surface area contributed by atoms with Crippen molar-refractivity contribution in [2.75, 3.05) is 32.7 Å². The maximum absolute atomic E-state index is 8.55. The molecule has 1 aliphatic heterocycles. The molecular weight excluding hydrogens is 264 g/mol. The Kier molecular flexibility index (Phi) is 5.01. The first-order chi connectivity index (χ1) is 9.19. The molecule has 1 aromatic rings. The van der Waals surface area contributed by atoms with Crippen LogP contribution in [0.15, 0.2) is 29.4 Å². The van der Waals surface area contributed by atoms with Crippen molar-refractivity contribution in [1.82, 2.24) is 9.80 Å². The summed E-state index contributed by atoms with van der Waals surface area (Å²) in [6.45, 7) is 5.16. The monoisotopic (exact) mass is 282 g/mol. The van der Waals surface area contributed by atoms with Crippen LogP contribution in [0.25, 0.3) is 0 Å². The standard InChI is InChI=1S/C13H19ClN4O/c14-12-4-2-1-3-11(12)9-17-5-7-18(8-6-17)10-13(15)16-19/h1-4,19H,5-10H2,(H2,15,16). The first-order valence-corrected chi connectivity index (χ1v) is 6.71. The number of hydrogen-bond acceptors (Lipinski definition) is 4. The van der Waals surface area contributed by atoms with Gasteiger partial charge >= 0.3 is 0 Å². The van der Waals surface area contributed by atoms with E-state index in [-0.39, 0.29) is 5.84 Å². The molecule has 0 unspecified atom stereocenters. The van der Waals surface area contributed by atoms with Gasteiger partial charge in [-0.05, 0) is 11.6 Å². The Balaban J connectivity index is 1.82. The molecule has 5 nitrogen and oxygen atoms in total. The Morgan fingerprint density at radius 2 is 1.84 bits per heavy atom. The molecule has 1 aromatic carbocycles. The van der Waals surface area contributed by atoms with Crippen molar-refractivity contribution in [3.63, 3.8) is 0 Å². The van der Waals surface area contributed by atoms with Gasteiger partial charge in [-0.3, -0.25) is 9.80 Å². The third-order valence-electron chi connectivity index (χ3n) is 3.33. The van der Waals surface area contributed by atoms with E-state index in [1.807, 2.05) is 18.2 Å². The van der Waals surface area contributed by atoms with E-state index in [2.05, 4.69) is 21.0 Å². The molecule has 0 aromatic heterocycles. The van der Waals surface area contributed by atoms with E-state index in [0.29, 0.717) is 6.54 Å². The summed E-state index contributed by atoms with van der Waals surface area (Å²) in [6, 6.07) is 7.94. The lowest BCUT2D eigenvalue weighted by atomic mass is 10.2. The van der Waals surface area contributed by atoms with Gasteiger partial charge in [-0.1, -0.05) is 35.0 Å². The minimum atomic E-state index is 0.263. The summed E-state index contributed by atoms with van der Waals surface area (Å²) in [5.74, 6) is 0.263. The second-order valence-electron chi connectivity index (χ2n) is 4.74. The Labute approximate surface area is 118 Å². The third-order valence-corrected chi connectivity index (χ3v) is 3.70. The van der Waals surface area contributed by atoms with Crippen molar-refractivity contribution in [2.24, 2.45) is 10.9 Å². The largest absolute Gasteiger partial charge is 0.409 e. The molecule has 1 aliphatic rings. The summed E-state index contributed by atoms with van der Waals surface area (Å²) >= 11 is 6.16. The third kappa shape index (κ3) is 4.09. The number of nitrogens with two attached hydrogens (primary N) is 1. The number of amidine groups is 1. The van der Waals surface area contributed by atoms with E-state index < -0.39 is 0 Å². The van der Waals surface area contributed by atoms with Crippen molar-refractivity contribution in [1.29, 1.82) is 0 Å². The van der Waals surface area contributed by atoms with Crippen LogP contribution in [-0.4, -0.2) is 53.6 Å². The second kappa shape index (κ2) is 6.75. The van der Waals surface area contributed by atoms with Gasteiger partial charge in [0.1, 0.15) is 0 Å². The lowest BCUT2D eigenvalue weighted by Gasteiger charge is -2.34. The zero-order valence-corrected chi connectivity index (χ0v) is 11.6. The van der Waals surface area contributed by atoms with Gasteiger partial charge < -0.3 is 10.9 Å². The Morgan fingerprint density at radius 3 is 2.47 bits per heavy atom. The van der Waals surface area contributed by atoms with Crippen LogP contribution in [0.1, 0.15) is 5.56 Å². The Bertz CT molecular complexity index is 444. The highest BCUT2D eigenvalue weighted by Gasteiger charge is 2.18. The molecule has 0 radical (unpaired) electrons. The number of piperazine rings is 1. The molecular formula is C13H19ClN4O. The van der Waals surface area contributed by atoms with Crippen LogP contribution in [0.4, 0.5) is 0 Å². The minimum absolute atomic E-state index is 0.263. The van der Waals surface area contributed by atoms with E-state index >= 15 is 0 Å². The topological polar surface area (TPSA) is 65.1 Å². The Morgan fingerprint density at radius 1 is 1.21 bits per heavy atom. The fourth-order valence-corrected chi connectivity index (χ4v) is 2.43.